The van der Waals surface area contributed by atoms with Crippen molar-refractivity contribution in [2.24, 2.45) is 5.92 Å². The first kappa shape index (κ1) is 26.4. The van der Waals surface area contributed by atoms with Crippen molar-refractivity contribution < 1.29 is 28.2 Å². The molecule has 35 heavy (non-hydrogen) atoms. The van der Waals surface area contributed by atoms with Crippen LogP contribution in [0.2, 0.25) is 5.02 Å². The number of hydrogen-bond acceptors (Lipinski definition) is 6. The number of oxazole rings is 1. The number of carbonyl (C=O) groups excluding carboxylic acids is 2. The van der Waals surface area contributed by atoms with Gasteiger partial charge in [0.15, 0.2) is 0 Å². The lowest BCUT2D eigenvalue weighted by molar-refractivity contribution is -0.149. The summed E-state index contributed by atoms with van der Waals surface area (Å²) in [5.74, 6) is -1.49. The average Bonchev–Trinajstić information content (AvgIpc) is 3.27. The lowest BCUT2D eigenvalue weighted by atomic mass is 9.92. The Morgan fingerprint density at radius 1 is 1.23 bits per heavy atom. The highest BCUT2D eigenvalue weighted by atomic mass is 35.5. The molecule has 0 aliphatic heterocycles. The number of carbonyl (C=O) groups is 2. The van der Waals surface area contributed by atoms with E-state index in [1.165, 1.54) is 18.3 Å². The Balaban J connectivity index is 1.81. The Bertz CT molecular complexity index is 1150. The lowest BCUT2D eigenvalue weighted by Gasteiger charge is -2.23. The SMILES string of the molecule is CCOC(=O)[C@H](CCO)C[C@@H](Cc1ccc(-c2cc(Cl)ccc2F)cc1)NC(=O)c1ncc(C)o1. The van der Waals surface area contributed by atoms with Crippen LogP contribution in [-0.2, 0) is 16.0 Å². The molecule has 3 aromatic rings. The fourth-order valence-electron chi connectivity index (χ4n) is 3.82. The van der Waals surface area contributed by atoms with Crippen LogP contribution in [0.5, 0.6) is 0 Å². The van der Waals surface area contributed by atoms with Gasteiger partial charge in [0.2, 0.25) is 0 Å². The Kier molecular flexibility index (Phi) is 9.39. The number of aliphatic hydroxyl groups excluding tert-OH is 1. The monoisotopic (exact) mass is 502 g/mol. The molecule has 0 bridgehead atoms. The summed E-state index contributed by atoms with van der Waals surface area (Å²) < 4.78 is 24.7. The van der Waals surface area contributed by atoms with E-state index in [-0.39, 0.29) is 37.8 Å². The highest BCUT2D eigenvalue weighted by Crippen LogP contribution is 2.27. The molecule has 3 rings (SSSR count). The summed E-state index contributed by atoms with van der Waals surface area (Å²) in [6.45, 7) is 3.42. The van der Waals surface area contributed by atoms with Gasteiger partial charge in [-0.15, -0.1) is 0 Å². The number of nitrogens with zero attached hydrogens (tertiary/aromatic N) is 1. The van der Waals surface area contributed by atoms with E-state index < -0.39 is 23.8 Å². The predicted octanol–water partition coefficient (Wildman–Crippen LogP) is 4.74. The molecule has 0 unspecified atom stereocenters. The van der Waals surface area contributed by atoms with Crippen LogP contribution in [0.25, 0.3) is 11.1 Å². The van der Waals surface area contributed by atoms with Gasteiger partial charge >= 0.3 is 11.9 Å². The minimum atomic E-state index is -0.601. The van der Waals surface area contributed by atoms with Crippen molar-refractivity contribution >= 4 is 23.5 Å². The van der Waals surface area contributed by atoms with Crippen molar-refractivity contribution in [3.05, 3.63) is 76.7 Å². The van der Waals surface area contributed by atoms with Gasteiger partial charge in [-0.3, -0.25) is 9.59 Å². The van der Waals surface area contributed by atoms with E-state index in [1.807, 2.05) is 12.1 Å². The van der Waals surface area contributed by atoms with Gasteiger partial charge < -0.3 is 19.6 Å². The summed E-state index contributed by atoms with van der Waals surface area (Å²) in [5, 5.41) is 12.8. The van der Waals surface area contributed by atoms with E-state index in [4.69, 9.17) is 20.8 Å². The highest BCUT2D eigenvalue weighted by molar-refractivity contribution is 6.30. The molecule has 1 heterocycles. The van der Waals surface area contributed by atoms with E-state index in [0.29, 0.717) is 28.3 Å². The van der Waals surface area contributed by atoms with E-state index in [9.17, 15) is 19.1 Å². The van der Waals surface area contributed by atoms with Gasteiger partial charge in [-0.25, -0.2) is 9.37 Å². The lowest BCUT2D eigenvalue weighted by Crippen LogP contribution is -2.39. The van der Waals surface area contributed by atoms with Gasteiger partial charge in [-0.05, 0) is 62.4 Å². The number of aryl methyl sites for hydroxylation is 1. The van der Waals surface area contributed by atoms with Gasteiger partial charge in [0, 0.05) is 23.2 Å². The van der Waals surface area contributed by atoms with E-state index in [0.717, 1.165) is 5.56 Å². The largest absolute Gasteiger partial charge is 0.466 e. The number of aliphatic hydroxyl groups is 1. The van der Waals surface area contributed by atoms with Crippen molar-refractivity contribution in [3.63, 3.8) is 0 Å². The number of nitrogens with one attached hydrogen (secondary N) is 1. The molecule has 0 aliphatic rings. The minimum absolute atomic E-state index is 0.0749. The van der Waals surface area contributed by atoms with Gasteiger partial charge in [0.25, 0.3) is 5.89 Å². The van der Waals surface area contributed by atoms with Gasteiger partial charge in [0.05, 0.1) is 18.7 Å². The standard InChI is InChI=1S/C26H28ClFN2O5/c1-3-34-26(33)19(10-11-31)13-21(30-24(32)25-29-15-16(2)35-25)12-17-4-6-18(7-5-17)22-14-20(27)8-9-23(22)28/h4-9,14-15,19,21,31H,3,10-13H2,1-2H3,(H,30,32)/t19-,21-/m1/s1. The third-order valence-electron chi connectivity index (χ3n) is 5.49. The second kappa shape index (κ2) is 12.5. The number of rotatable bonds is 11. The molecule has 0 spiro atoms. The first-order valence-electron chi connectivity index (χ1n) is 11.4. The fraction of sp³-hybridized carbons (Fsp3) is 0.346. The number of esters is 1. The summed E-state index contributed by atoms with van der Waals surface area (Å²) >= 11 is 6.01. The first-order valence-corrected chi connectivity index (χ1v) is 11.7. The van der Waals surface area contributed by atoms with Crippen LogP contribution in [-0.4, -0.2) is 41.2 Å². The predicted molar refractivity (Wildman–Crippen MR) is 129 cm³/mol. The van der Waals surface area contributed by atoms with Crippen molar-refractivity contribution in [1.29, 1.82) is 0 Å². The van der Waals surface area contributed by atoms with Crippen molar-refractivity contribution in [1.82, 2.24) is 10.3 Å². The van der Waals surface area contributed by atoms with Crippen LogP contribution in [0.1, 0.15) is 41.8 Å². The summed E-state index contributed by atoms with van der Waals surface area (Å²) in [6, 6.07) is 11.1. The Morgan fingerprint density at radius 3 is 2.60 bits per heavy atom. The van der Waals surface area contributed by atoms with Crippen LogP contribution in [0.4, 0.5) is 4.39 Å². The molecule has 1 amide bonds. The summed E-state index contributed by atoms with van der Waals surface area (Å²) in [6.07, 6.45) is 2.28. The summed E-state index contributed by atoms with van der Waals surface area (Å²) in [7, 11) is 0. The maximum atomic E-state index is 14.2. The molecule has 0 saturated heterocycles. The fourth-order valence-corrected chi connectivity index (χ4v) is 3.99. The Hall–Kier alpha value is -3.23. The molecule has 2 atom stereocenters. The van der Waals surface area contributed by atoms with Crippen molar-refractivity contribution in [3.8, 4) is 11.1 Å². The molecule has 2 aromatic carbocycles. The average molecular weight is 503 g/mol. The molecule has 2 N–H and O–H groups in total. The smallest absolute Gasteiger partial charge is 0.309 e. The number of hydrogen-bond donors (Lipinski definition) is 2. The second-order valence-corrected chi connectivity index (χ2v) is 8.61. The van der Waals surface area contributed by atoms with Crippen molar-refractivity contribution in [2.75, 3.05) is 13.2 Å². The Labute approximate surface area is 208 Å². The van der Waals surface area contributed by atoms with E-state index in [1.54, 1.807) is 32.0 Å². The first-order chi connectivity index (χ1) is 16.8. The number of ether oxygens (including phenoxy) is 1. The van der Waals surface area contributed by atoms with Crippen LogP contribution >= 0.6 is 11.6 Å². The zero-order valence-electron chi connectivity index (χ0n) is 19.6. The number of benzene rings is 2. The molecule has 0 radical (unpaired) electrons. The second-order valence-electron chi connectivity index (χ2n) is 8.17. The van der Waals surface area contributed by atoms with Gasteiger partial charge in [-0.1, -0.05) is 35.9 Å². The highest BCUT2D eigenvalue weighted by Gasteiger charge is 2.26. The molecule has 1 aromatic heterocycles. The topological polar surface area (TPSA) is 102 Å². The molecular weight excluding hydrogens is 475 g/mol. The van der Waals surface area contributed by atoms with Crippen LogP contribution in [0.15, 0.2) is 53.1 Å². The number of aromatic nitrogens is 1. The molecule has 9 heteroatoms. The van der Waals surface area contributed by atoms with Crippen LogP contribution < -0.4 is 5.32 Å². The molecule has 186 valence electrons. The third-order valence-corrected chi connectivity index (χ3v) is 5.73. The third kappa shape index (κ3) is 7.37. The molecule has 0 saturated carbocycles. The van der Waals surface area contributed by atoms with Gasteiger partial charge in [-0.2, -0.15) is 0 Å². The van der Waals surface area contributed by atoms with Crippen molar-refractivity contribution in [2.45, 2.75) is 39.2 Å². The van der Waals surface area contributed by atoms with Crippen LogP contribution in [0, 0.1) is 18.7 Å². The van der Waals surface area contributed by atoms with E-state index >= 15 is 0 Å². The zero-order valence-corrected chi connectivity index (χ0v) is 20.3. The van der Waals surface area contributed by atoms with Crippen LogP contribution in [0.3, 0.4) is 0 Å². The molecule has 0 fully saturated rings. The molecule has 0 aliphatic carbocycles. The maximum absolute atomic E-state index is 14.2. The maximum Gasteiger partial charge on any atom is 0.309 e. The summed E-state index contributed by atoms with van der Waals surface area (Å²) in [5.41, 5.74) is 1.91. The van der Waals surface area contributed by atoms with E-state index in [2.05, 4.69) is 10.3 Å². The minimum Gasteiger partial charge on any atom is -0.466 e. The quantitative estimate of drug-likeness (QED) is 0.367. The normalized spacial score (nSPS) is 12.7. The molecular formula is C26H28ClFN2O5. The number of amides is 1. The molecule has 7 nitrogen and oxygen atoms in total. The Morgan fingerprint density at radius 2 is 1.97 bits per heavy atom. The zero-order chi connectivity index (χ0) is 25.4. The number of halogens is 2. The summed E-state index contributed by atoms with van der Waals surface area (Å²) in [4.78, 5) is 29.1. The van der Waals surface area contributed by atoms with Gasteiger partial charge in [0.1, 0.15) is 11.6 Å².